The highest BCUT2D eigenvalue weighted by atomic mass is 16.5. The lowest BCUT2D eigenvalue weighted by Gasteiger charge is -2.27. The van der Waals surface area contributed by atoms with E-state index < -0.39 is 0 Å². The van der Waals surface area contributed by atoms with Crippen LogP contribution in [0.3, 0.4) is 0 Å². The van der Waals surface area contributed by atoms with Crippen molar-refractivity contribution in [3.05, 3.63) is 71.9 Å². The zero-order valence-electron chi connectivity index (χ0n) is 17.0. The molecule has 0 aliphatic heterocycles. The molecule has 29 heavy (non-hydrogen) atoms. The number of ether oxygens (including phenoxy) is 2. The maximum absolute atomic E-state index is 5.75. The molecular formula is C23H27N3O3. The number of hydrogen-bond acceptors (Lipinski definition) is 6. The van der Waals surface area contributed by atoms with E-state index in [2.05, 4.69) is 46.2 Å². The van der Waals surface area contributed by atoms with Crippen molar-refractivity contribution in [3.8, 4) is 11.5 Å². The van der Waals surface area contributed by atoms with Crippen molar-refractivity contribution in [2.45, 2.75) is 45.5 Å². The van der Waals surface area contributed by atoms with Crippen LogP contribution in [0, 0.1) is 5.92 Å². The predicted molar refractivity (Wildman–Crippen MR) is 109 cm³/mol. The fourth-order valence-corrected chi connectivity index (χ4v) is 3.45. The zero-order valence-corrected chi connectivity index (χ0v) is 17.0. The minimum absolute atomic E-state index is 0.271. The molecule has 1 aromatic heterocycles. The summed E-state index contributed by atoms with van der Waals surface area (Å²) in [6, 6.07) is 18.5. The topological polar surface area (TPSA) is 60.6 Å². The highest BCUT2D eigenvalue weighted by molar-refractivity contribution is 5.31. The highest BCUT2D eigenvalue weighted by Crippen LogP contribution is 2.36. The van der Waals surface area contributed by atoms with Gasteiger partial charge in [-0.15, -0.1) is 0 Å². The monoisotopic (exact) mass is 393 g/mol. The molecule has 0 saturated heterocycles. The fraction of sp³-hybridized carbons (Fsp3) is 0.391. The largest absolute Gasteiger partial charge is 0.497 e. The average Bonchev–Trinajstić information content (AvgIpc) is 3.52. The molecule has 1 fully saturated rings. The number of methoxy groups -OCH3 is 1. The SMILES string of the molecule is COc1ccc(OCc2noc(CN(Cc3ccccc3)[C@@H](C)C3CC3)n2)cc1. The normalized spacial score (nSPS) is 14.7. The van der Waals surface area contributed by atoms with Crippen LogP contribution in [-0.4, -0.2) is 28.2 Å². The van der Waals surface area contributed by atoms with Crippen LogP contribution in [0.2, 0.25) is 0 Å². The lowest BCUT2D eigenvalue weighted by atomic mass is 10.1. The van der Waals surface area contributed by atoms with E-state index in [0.717, 1.165) is 24.0 Å². The minimum atomic E-state index is 0.271. The van der Waals surface area contributed by atoms with Gasteiger partial charge in [-0.05, 0) is 55.5 Å². The van der Waals surface area contributed by atoms with E-state index in [0.29, 0.717) is 24.3 Å². The van der Waals surface area contributed by atoms with Crippen LogP contribution in [0.5, 0.6) is 11.5 Å². The highest BCUT2D eigenvalue weighted by Gasteiger charge is 2.32. The summed E-state index contributed by atoms with van der Waals surface area (Å²) in [5, 5.41) is 4.08. The predicted octanol–water partition coefficient (Wildman–Crippen LogP) is 4.46. The van der Waals surface area contributed by atoms with Gasteiger partial charge in [-0.1, -0.05) is 35.5 Å². The molecule has 3 aromatic rings. The van der Waals surface area contributed by atoms with Gasteiger partial charge >= 0.3 is 0 Å². The van der Waals surface area contributed by atoms with Crippen molar-refractivity contribution < 1.29 is 14.0 Å². The molecule has 2 aromatic carbocycles. The Kier molecular flexibility index (Phi) is 6.10. The lowest BCUT2D eigenvalue weighted by Crippen LogP contribution is -2.33. The van der Waals surface area contributed by atoms with E-state index in [9.17, 15) is 0 Å². The molecule has 0 spiro atoms. The summed E-state index contributed by atoms with van der Waals surface area (Å²) in [6.45, 7) is 4.08. The Hall–Kier alpha value is -2.86. The van der Waals surface area contributed by atoms with Gasteiger partial charge in [0.15, 0.2) is 6.61 Å². The van der Waals surface area contributed by atoms with Gasteiger partial charge < -0.3 is 14.0 Å². The van der Waals surface area contributed by atoms with Crippen molar-refractivity contribution in [3.63, 3.8) is 0 Å². The molecule has 6 heteroatoms. The first-order valence-corrected chi connectivity index (χ1v) is 10.1. The third-order valence-corrected chi connectivity index (χ3v) is 5.38. The summed E-state index contributed by atoms with van der Waals surface area (Å²) in [5.74, 6) is 3.48. The van der Waals surface area contributed by atoms with Crippen molar-refractivity contribution in [1.82, 2.24) is 15.0 Å². The van der Waals surface area contributed by atoms with Gasteiger partial charge in [-0.25, -0.2) is 0 Å². The molecule has 6 nitrogen and oxygen atoms in total. The van der Waals surface area contributed by atoms with E-state index >= 15 is 0 Å². The Labute approximate surface area is 171 Å². The summed E-state index contributed by atoms with van der Waals surface area (Å²) in [4.78, 5) is 6.96. The van der Waals surface area contributed by atoms with Crippen LogP contribution in [0.15, 0.2) is 59.1 Å². The van der Waals surface area contributed by atoms with Crippen LogP contribution in [0.1, 0.15) is 37.0 Å². The molecule has 1 atom stereocenters. The van der Waals surface area contributed by atoms with Crippen molar-refractivity contribution in [1.29, 1.82) is 0 Å². The van der Waals surface area contributed by atoms with E-state index in [1.807, 2.05) is 30.3 Å². The number of nitrogens with zero attached hydrogens (tertiary/aromatic N) is 3. The van der Waals surface area contributed by atoms with Crippen molar-refractivity contribution >= 4 is 0 Å². The van der Waals surface area contributed by atoms with Gasteiger partial charge in [0, 0.05) is 12.6 Å². The standard InChI is InChI=1S/C23H27N3O3/c1-17(19-8-9-19)26(14-18-6-4-3-5-7-18)15-23-24-22(25-29-23)16-28-21-12-10-20(27-2)11-13-21/h3-7,10-13,17,19H,8-9,14-16H2,1-2H3/t17-/m0/s1. The summed E-state index contributed by atoms with van der Waals surface area (Å²) in [6.07, 6.45) is 2.61. The molecule has 1 aliphatic rings. The second-order valence-corrected chi connectivity index (χ2v) is 7.54. The van der Waals surface area contributed by atoms with Gasteiger partial charge in [0.25, 0.3) is 0 Å². The van der Waals surface area contributed by atoms with Crippen LogP contribution >= 0.6 is 0 Å². The molecule has 1 heterocycles. The second kappa shape index (κ2) is 9.09. The number of hydrogen-bond donors (Lipinski definition) is 0. The first-order valence-electron chi connectivity index (χ1n) is 10.1. The fourth-order valence-electron chi connectivity index (χ4n) is 3.45. The summed E-state index contributed by atoms with van der Waals surface area (Å²) in [7, 11) is 1.64. The Bertz CT molecular complexity index is 891. The van der Waals surface area contributed by atoms with E-state index in [4.69, 9.17) is 14.0 Å². The summed E-state index contributed by atoms with van der Waals surface area (Å²) >= 11 is 0. The molecule has 0 N–H and O–H groups in total. The molecule has 152 valence electrons. The lowest BCUT2D eigenvalue weighted by molar-refractivity contribution is 0.150. The summed E-state index contributed by atoms with van der Waals surface area (Å²) < 4.78 is 16.4. The third kappa shape index (κ3) is 5.35. The Morgan fingerprint density at radius 1 is 1.03 bits per heavy atom. The van der Waals surface area contributed by atoms with Gasteiger partial charge in [0.1, 0.15) is 11.5 Å². The molecule has 0 radical (unpaired) electrons. The minimum Gasteiger partial charge on any atom is -0.497 e. The first kappa shape index (κ1) is 19.5. The zero-order chi connectivity index (χ0) is 20.1. The van der Waals surface area contributed by atoms with E-state index in [-0.39, 0.29) is 6.61 Å². The average molecular weight is 393 g/mol. The van der Waals surface area contributed by atoms with Crippen molar-refractivity contribution in [2.75, 3.05) is 7.11 Å². The number of aromatic nitrogens is 2. The smallest absolute Gasteiger partial charge is 0.240 e. The molecule has 4 rings (SSSR count). The number of benzene rings is 2. The molecule has 0 unspecified atom stereocenters. The maximum Gasteiger partial charge on any atom is 0.240 e. The quantitative estimate of drug-likeness (QED) is 0.507. The van der Waals surface area contributed by atoms with Crippen LogP contribution in [0.25, 0.3) is 0 Å². The molecule has 0 bridgehead atoms. The van der Waals surface area contributed by atoms with Gasteiger partial charge in [0.2, 0.25) is 11.7 Å². The second-order valence-electron chi connectivity index (χ2n) is 7.54. The van der Waals surface area contributed by atoms with Crippen LogP contribution < -0.4 is 9.47 Å². The Morgan fingerprint density at radius 2 is 1.76 bits per heavy atom. The summed E-state index contributed by atoms with van der Waals surface area (Å²) in [5.41, 5.74) is 1.29. The van der Waals surface area contributed by atoms with Crippen molar-refractivity contribution in [2.24, 2.45) is 5.92 Å². The Morgan fingerprint density at radius 3 is 2.45 bits per heavy atom. The van der Waals surface area contributed by atoms with Crippen LogP contribution in [-0.2, 0) is 19.7 Å². The molecular weight excluding hydrogens is 366 g/mol. The molecule has 1 aliphatic carbocycles. The van der Waals surface area contributed by atoms with Crippen LogP contribution in [0.4, 0.5) is 0 Å². The maximum atomic E-state index is 5.75. The van der Waals surface area contributed by atoms with Gasteiger partial charge in [-0.3, -0.25) is 4.90 Å². The first-order chi connectivity index (χ1) is 14.2. The number of rotatable bonds is 10. The molecule has 1 saturated carbocycles. The molecule has 0 amide bonds. The van der Waals surface area contributed by atoms with E-state index in [1.165, 1.54) is 18.4 Å². The Balaban J connectivity index is 1.37. The third-order valence-electron chi connectivity index (χ3n) is 5.38. The van der Waals surface area contributed by atoms with Gasteiger partial charge in [0.05, 0.1) is 13.7 Å². The van der Waals surface area contributed by atoms with Gasteiger partial charge in [-0.2, -0.15) is 4.98 Å². The van der Waals surface area contributed by atoms with E-state index in [1.54, 1.807) is 7.11 Å².